The van der Waals surface area contributed by atoms with Gasteiger partial charge in [0.25, 0.3) is 5.56 Å². The van der Waals surface area contributed by atoms with Crippen LogP contribution in [0.5, 0.6) is 0 Å². The monoisotopic (exact) mass is 381 g/mol. The van der Waals surface area contributed by atoms with Gasteiger partial charge in [-0.15, -0.1) is 0 Å². The van der Waals surface area contributed by atoms with Crippen LogP contribution in [0.2, 0.25) is 0 Å². The molecule has 3 aromatic rings. The van der Waals surface area contributed by atoms with Crippen molar-refractivity contribution in [3.05, 3.63) is 69.2 Å². The Balaban J connectivity index is 1.78. The van der Waals surface area contributed by atoms with E-state index in [1.165, 1.54) is 4.57 Å². The van der Waals surface area contributed by atoms with Gasteiger partial charge >= 0.3 is 0 Å². The first-order valence-electron chi connectivity index (χ1n) is 9.20. The minimum atomic E-state index is -0.157. The molecule has 27 heavy (non-hydrogen) atoms. The predicted molar refractivity (Wildman–Crippen MR) is 111 cm³/mol. The molecule has 0 fully saturated rings. The Morgan fingerprint density at radius 3 is 2.59 bits per heavy atom. The Morgan fingerprint density at radius 1 is 1.11 bits per heavy atom. The second-order valence-electron chi connectivity index (χ2n) is 6.52. The molecule has 1 heterocycles. The summed E-state index contributed by atoms with van der Waals surface area (Å²) in [7, 11) is 0. The van der Waals surface area contributed by atoms with Gasteiger partial charge in [0, 0.05) is 6.54 Å². The molecule has 3 rings (SSSR count). The molecule has 0 spiro atoms. The largest absolute Gasteiger partial charge is 0.356 e. The molecule has 0 radical (unpaired) electrons. The van der Waals surface area contributed by atoms with Crippen LogP contribution in [0.3, 0.4) is 0 Å². The van der Waals surface area contributed by atoms with Crippen molar-refractivity contribution in [2.75, 3.05) is 6.54 Å². The second-order valence-corrected chi connectivity index (χ2v) is 6.90. The summed E-state index contributed by atoms with van der Waals surface area (Å²) in [5.74, 6) is 0.0130. The summed E-state index contributed by atoms with van der Waals surface area (Å²) in [5, 5.41) is 3.52. The van der Waals surface area contributed by atoms with Crippen molar-refractivity contribution in [1.82, 2.24) is 14.9 Å². The number of carbonyl (C=O) groups excluding carboxylic acids is 1. The number of amides is 1. The molecule has 0 aliphatic carbocycles. The van der Waals surface area contributed by atoms with Gasteiger partial charge < -0.3 is 10.3 Å². The van der Waals surface area contributed by atoms with E-state index in [1.807, 2.05) is 42.5 Å². The number of nitrogens with one attached hydrogen (secondary N) is 2. The molecule has 0 saturated heterocycles. The number of carbonyl (C=O) groups is 1. The van der Waals surface area contributed by atoms with Gasteiger partial charge in [-0.1, -0.05) is 44.0 Å². The first-order chi connectivity index (χ1) is 13.1. The number of aromatic amines is 1. The lowest BCUT2D eigenvalue weighted by molar-refractivity contribution is -0.120. The van der Waals surface area contributed by atoms with Crippen molar-refractivity contribution < 1.29 is 4.79 Å². The van der Waals surface area contributed by atoms with Crippen LogP contribution in [0.25, 0.3) is 16.6 Å². The molecule has 0 aliphatic heterocycles. The average molecular weight is 382 g/mol. The zero-order valence-electron chi connectivity index (χ0n) is 15.3. The maximum Gasteiger partial charge on any atom is 0.266 e. The Morgan fingerprint density at radius 2 is 1.85 bits per heavy atom. The fourth-order valence-electron chi connectivity index (χ4n) is 3.01. The van der Waals surface area contributed by atoms with Crippen molar-refractivity contribution in [2.45, 2.75) is 32.6 Å². The van der Waals surface area contributed by atoms with Crippen LogP contribution < -0.4 is 10.9 Å². The van der Waals surface area contributed by atoms with Crippen molar-refractivity contribution in [3.8, 4) is 5.69 Å². The van der Waals surface area contributed by atoms with Gasteiger partial charge in [0.2, 0.25) is 5.91 Å². The van der Waals surface area contributed by atoms with Crippen LogP contribution in [0, 0.1) is 4.77 Å². The van der Waals surface area contributed by atoms with Crippen LogP contribution in [0.1, 0.15) is 31.7 Å². The second kappa shape index (κ2) is 8.77. The van der Waals surface area contributed by atoms with E-state index in [1.54, 1.807) is 6.07 Å². The molecule has 1 aromatic heterocycles. The first kappa shape index (κ1) is 19.0. The van der Waals surface area contributed by atoms with Crippen molar-refractivity contribution in [3.63, 3.8) is 0 Å². The standard InChI is InChI=1S/C21H23N3O2S/c1-2-3-6-13-22-19(25)14-15-9-11-16(12-10-15)24-20(26)17-7-4-5-8-18(17)23-21(24)27/h4-5,7-12H,2-3,6,13-14H2,1H3,(H,22,25)(H,23,27). The molecule has 0 aliphatic rings. The van der Waals surface area contributed by atoms with Gasteiger partial charge in [-0.3, -0.25) is 14.2 Å². The summed E-state index contributed by atoms with van der Waals surface area (Å²) < 4.78 is 1.83. The van der Waals surface area contributed by atoms with Crippen molar-refractivity contribution in [1.29, 1.82) is 0 Å². The molecule has 140 valence electrons. The highest BCUT2D eigenvalue weighted by atomic mass is 32.1. The Hall–Kier alpha value is -2.73. The minimum Gasteiger partial charge on any atom is -0.356 e. The molecular formula is C21H23N3O2S. The van der Waals surface area contributed by atoms with Gasteiger partial charge in [-0.25, -0.2) is 0 Å². The van der Waals surface area contributed by atoms with E-state index in [-0.39, 0.29) is 11.5 Å². The molecule has 5 nitrogen and oxygen atoms in total. The van der Waals surface area contributed by atoms with Gasteiger partial charge in [-0.2, -0.15) is 0 Å². The number of nitrogens with zero attached hydrogens (tertiary/aromatic N) is 1. The lowest BCUT2D eigenvalue weighted by atomic mass is 10.1. The predicted octanol–water partition coefficient (Wildman–Crippen LogP) is 3.90. The fraction of sp³-hybridized carbons (Fsp3) is 0.286. The SMILES string of the molecule is CCCCCNC(=O)Cc1ccc(-n2c(=S)[nH]c3ccccc3c2=O)cc1. The third-order valence-electron chi connectivity index (χ3n) is 4.47. The highest BCUT2D eigenvalue weighted by molar-refractivity contribution is 7.71. The van der Waals surface area contributed by atoms with E-state index in [0.29, 0.717) is 28.8 Å². The van der Waals surface area contributed by atoms with Crippen LogP contribution in [0.15, 0.2) is 53.3 Å². The molecule has 2 aromatic carbocycles. The first-order valence-corrected chi connectivity index (χ1v) is 9.61. The number of aromatic nitrogens is 2. The lowest BCUT2D eigenvalue weighted by Gasteiger charge is -2.09. The summed E-state index contributed by atoms with van der Waals surface area (Å²) in [4.78, 5) is 27.9. The van der Waals surface area contributed by atoms with E-state index in [0.717, 1.165) is 30.3 Å². The van der Waals surface area contributed by atoms with E-state index in [9.17, 15) is 9.59 Å². The van der Waals surface area contributed by atoms with Crippen LogP contribution in [-0.2, 0) is 11.2 Å². The normalized spacial score (nSPS) is 10.9. The van der Waals surface area contributed by atoms with Crippen LogP contribution in [-0.4, -0.2) is 22.0 Å². The molecule has 0 saturated carbocycles. The molecule has 2 N–H and O–H groups in total. The molecule has 1 amide bonds. The average Bonchev–Trinajstić information content (AvgIpc) is 2.66. The van der Waals surface area contributed by atoms with Crippen molar-refractivity contribution in [2.24, 2.45) is 0 Å². The summed E-state index contributed by atoms with van der Waals surface area (Å²) in [6, 6.07) is 14.6. The highest BCUT2D eigenvalue weighted by Crippen LogP contribution is 2.12. The maximum absolute atomic E-state index is 12.8. The number of para-hydroxylation sites is 1. The van der Waals surface area contributed by atoms with Gasteiger partial charge in [-0.05, 0) is 48.5 Å². The summed E-state index contributed by atoms with van der Waals surface area (Å²) in [6.45, 7) is 2.85. The minimum absolute atomic E-state index is 0.0130. The zero-order chi connectivity index (χ0) is 19.2. The van der Waals surface area contributed by atoms with Crippen LogP contribution >= 0.6 is 12.2 Å². The number of benzene rings is 2. The molecule has 6 heteroatoms. The molecule has 0 atom stereocenters. The van der Waals surface area contributed by atoms with Gasteiger partial charge in [0.15, 0.2) is 4.77 Å². The van der Waals surface area contributed by atoms with E-state index in [2.05, 4.69) is 17.2 Å². The summed E-state index contributed by atoms with van der Waals surface area (Å²) >= 11 is 5.36. The highest BCUT2D eigenvalue weighted by Gasteiger charge is 2.08. The molecular weight excluding hydrogens is 358 g/mol. The van der Waals surface area contributed by atoms with Crippen molar-refractivity contribution >= 4 is 29.0 Å². The van der Waals surface area contributed by atoms with Crippen LogP contribution in [0.4, 0.5) is 0 Å². The van der Waals surface area contributed by atoms with E-state index >= 15 is 0 Å². The summed E-state index contributed by atoms with van der Waals surface area (Å²) in [5.41, 5.74) is 2.14. The zero-order valence-corrected chi connectivity index (χ0v) is 16.1. The topological polar surface area (TPSA) is 66.9 Å². The third kappa shape index (κ3) is 4.52. The third-order valence-corrected chi connectivity index (χ3v) is 4.75. The Kier molecular flexibility index (Phi) is 6.19. The Labute approximate surface area is 163 Å². The number of H-pyrrole nitrogens is 1. The smallest absolute Gasteiger partial charge is 0.266 e. The maximum atomic E-state index is 12.8. The fourth-order valence-corrected chi connectivity index (χ4v) is 3.31. The van der Waals surface area contributed by atoms with Gasteiger partial charge in [0.1, 0.15) is 0 Å². The van der Waals surface area contributed by atoms with Gasteiger partial charge in [0.05, 0.1) is 23.0 Å². The van der Waals surface area contributed by atoms with E-state index < -0.39 is 0 Å². The number of rotatable bonds is 7. The molecule has 0 bridgehead atoms. The number of hydrogen-bond donors (Lipinski definition) is 2. The number of hydrogen-bond acceptors (Lipinski definition) is 3. The Bertz CT molecular complexity index is 1050. The molecule has 0 unspecified atom stereocenters. The lowest BCUT2D eigenvalue weighted by Crippen LogP contribution is -2.26. The van der Waals surface area contributed by atoms with E-state index in [4.69, 9.17) is 12.2 Å². The number of fused-ring (bicyclic) bond motifs is 1. The quantitative estimate of drug-likeness (QED) is 0.482. The summed E-state index contributed by atoms with van der Waals surface area (Å²) in [6.07, 6.45) is 3.58. The number of unbranched alkanes of at least 4 members (excludes halogenated alkanes) is 2.